The van der Waals surface area contributed by atoms with Crippen molar-refractivity contribution in [3.8, 4) is 6.07 Å². The topological polar surface area (TPSA) is 77.6 Å². The van der Waals surface area contributed by atoms with E-state index < -0.39 is 75.9 Å². The first-order valence-corrected chi connectivity index (χ1v) is 8.66. The number of alkyl halides is 3. The first-order chi connectivity index (χ1) is 14.8. The third-order valence-electron chi connectivity index (χ3n) is 4.78. The summed E-state index contributed by atoms with van der Waals surface area (Å²) in [6.45, 7) is 1.12. The number of azo groups is 1. The van der Waals surface area contributed by atoms with E-state index in [0.717, 1.165) is 19.1 Å². The molecule has 0 spiro atoms. The van der Waals surface area contributed by atoms with Gasteiger partial charge >= 0.3 is 6.18 Å². The summed E-state index contributed by atoms with van der Waals surface area (Å²) in [6.07, 6.45) is -5.51. The fourth-order valence-electron chi connectivity index (χ4n) is 3.09. The molecule has 1 amide bonds. The summed E-state index contributed by atoms with van der Waals surface area (Å²) < 4.78 is 107. The van der Waals surface area contributed by atoms with Crippen LogP contribution in [-0.4, -0.2) is 11.4 Å². The molecule has 0 aliphatic carbocycles. The second-order valence-electron chi connectivity index (χ2n) is 7.02. The second-order valence-corrected chi connectivity index (χ2v) is 7.02. The Kier molecular flexibility index (Phi) is 5.67. The first kappa shape index (κ1) is 23.1. The zero-order chi connectivity index (χ0) is 24.0. The SMILES string of the molecule is CC1(C(=O)Nc2ccc(C#N)c(C(F)(F)F)c2)CC(c2c(F)c(F)c(F)c(F)c2F)N=N1. The molecule has 2 atom stereocenters. The molecule has 2 unspecified atom stereocenters. The third-order valence-corrected chi connectivity index (χ3v) is 4.78. The Labute approximate surface area is 174 Å². The van der Waals surface area contributed by atoms with Gasteiger partial charge in [-0.3, -0.25) is 4.79 Å². The summed E-state index contributed by atoms with van der Waals surface area (Å²) in [6, 6.07) is 2.01. The fraction of sp³-hybridized carbons (Fsp3) is 0.263. The number of anilines is 1. The van der Waals surface area contributed by atoms with Crippen molar-refractivity contribution in [3.05, 3.63) is 64.0 Å². The van der Waals surface area contributed by atoms with Crippen LogP contribution in [-0.2, 0) is 11.0 Å². The lowest BCUT2D eigenvalue weighted by molar-refractivity contribution is -0.137. The Morgan fingerprint density at radius 3 is 2.19 bits per heavy atom. The summed E-state index contributed by atoms with van der Waals surface area (Å²) in [5, 5.41) is 17.9. The maximum atomic E-state index is 14.0. The quantitative estimate of drug-likeness (QED) is 0.368. The van der Waals surface area contributed by atoms with E-state index in [1.165, 1.54) is 6.07 Å². The van der Waals surface area contributed by atoms with E-state index in [4.69, 9.17) is 5.26 Å². The van der Waals surface area contributed by atoms with E-state index in [0.29, 0.717) is 6.07 Å². The molecule has 1 heterocycles. The number of hydrogen-bond acceptors (Lipinski definition) is 4. The Morgan fingerprint density at radius 2 is 1.66 bits per heavy atom. The van der Waals surface area contributed by atoms with Gasteiger partial charge in [-0.25, -0.2) is 22.0 Å². The summed E-state index contributed by atoms with van der Waals surface area (Å²) >= 11 is 0. The van der Waals surface area contributed by atoms with Gasteiger partial charge in [0.05, 0.1) is 22.8 Å². The van der Waals surface area contributed by atoms with Crippen molar-refractivity contribution in [3.63, 3.8) is 0 Å². The Morgan fingerprint density at radius 1 is 1.09 bits per heavy atom. The first-order valence-electron chi connectivity index (χ1n) is 8.66. The normalized spacial score (nSPS) is 20.3. The van der Waals surface area contributed by atoms with E-state index in [-0.39, 0.29) is 5.69 Å². The molecule has 1 aliphatic heterocycles. The monoisotopic (exact) mass is 462 g/mol. The molecular formula is C19H10F8N4O. The van der Waals surface area contributed by atoms with Crippen LogP contribution in [0, 0.1) is 40.4 Å². The van der Waals surface area contributed by atoms with Gasteiger partial charge in [-0.15, -0.1) is 0 Å². The van der Waals surface area contributed by atoms with Crippen LogP contribution in [0.4, 0.5) is 40.8 Å². The van der Waals surface area contributed by atoms with Crippen molar-refractivity contribution in [1.29, 1.82) is 5.26 Å². The molecule has 13 heteroatoms. The molecule has 0 fully saturated rings. The van der Waals surface area contributed by atoms with E-state index in [1.54, 1.807) is 0 Å². The molecule has 168 valence electrons. The van der Waals surface area contributed by atoms with E-state index >= 15 is 0 Å². The lowest BCUT2D eigenvalue weighted by atomic mass is 9.90. The van der Waals surface area contributed by atoms with Crippen LogP contribution < -0.4 is 5.32 Å². The van der Waals surface area contributed by atoms with E-state index in [2.05, 4.69) is 15.5 Å². The average Bonchev–Trinajstić information content (AvgIpc) is 3.13. The van der Waals surface area contributed by atoms with Crippen LogP contribution in [0.1, 0.15) is 36.1 Å². The number of hydrogen-bond donors (Lipinski definition) is 1. The maximum Gasteiger partial charge on any atom is 0.417 e. The second kappa shape index (κ2) is 7.85. The van der Waals surface area contributed by atoms with Gasteiger partial charge in [0.25, 0.3) is 5.91 Å². The van der Waals surface area contributed by atoms with Gasteiger partial charge in [-0.2, -0.15) is 28.7 Å². The molecule has 2 aromatic rings. The number of carbonyl (C=O) groups excluding carboxylic acids is 1. The molecule has 0 aromatic heterocycles. The molecule has 1 aliphatic rings. The van der Waals surface area contributed by atoms with Gasteiger partial charge in [0.15, 0.2) is 28.8 Å². The fourth-order valence-corrected chi connectivity index (χ4v) is 3.09. The number of carbonyl (C=O) groups is 1. The van der Waals surface area contributed by atoms with Crippen LogP contribution >= 0.6 is 0 Å². The number of nitriles is 1. The van der Waals surface area contributed by atoms with Crippen LogP contribution in [0.5, 0.6) is 0 Å². The van der Waals surface area contributed by atoms with Crippen molar-refractivity contribution in [2.24, 2.45) is 10.2 Å². The molecule has 0 saturated heterocycles. The third kappa shape index (κ3) is 3.88. The van der Waals surface area contributed by atoms with Gasteiger partial charge < -0.3 is 5.32 Å². The largest absolute Gasteiger partial charge is 0.417 e. The van der Waals surface area contributed by atoms with Crippen molar-refractivity contribution in [2.45, 2.75) is 31.1 Å². The van der Waals surface area contributed by atoms with Gasteiger partial charge in [0.1, 0.15) is 6.04 Å². The minimum absolute atomic E-state index is 0.363. The van der Waals surface area contributed by atoms with E-state index in [1.807, 2.05) is 0 Å². The smallest absolute Gasteiger partial charge is 0.324 e. The molecule has 0 radical (unpaired) electrons. The summed E-state index contributed by atoms with van der Waals surface area (Å²) in [7, 11) is 0. The molecule has 2 aromatic carbocycles. The van der Waals surface area contributed by atoms with Crippen molar-refractivity contribution in [1.82, 2.24) is 0 Å². The van der Waals surface area contributed by atoms with Crippen molar-refractivity contribution in [2.75, 3.05) is 5.32 Å². The van der Waals surface area contributed by atoms with E-state index in [9.17, 15) is 39.9 Å². The number of halogens is 8. The van der Waals surface area contributed by atoms with Gasteiger partial charge in [0, 0.05) is 12.1 Å². The number of rotatable bonds is 3. The molecule has 1 N–H and O–H groups in total. The predicted molar refractivity (Wildman–Crippen MR) is 91.6 cm³/mol. The van der Waals surface area contributed by atoms with Crippen molar-refractivity contribution < 1.29 is 39.9 Å². The van der Waals surface area contributed by atoms with Crippen LogP contribution in [0.15, 0.2) is 28.4 Å². The average molecular weight is 462 g/mol. The number of nitrogens with one attached hydrogen (secondary N) is 1. The summed E-state index contributed by atoms with van der Waals surface area (Å²) in [4.78, 5) is 12.6. The maximum absolute atomic E-state index is 14.0. The summed E-state index contributed by atoms with van der Waals surface area (Å²) in [5.74, 6) is -12.0. The molecule has 5 nitrogen and oxygen atoms in total. The molecule has 0 saturated carbocycles. The lowest BCUT2D eigenvalue weighted by Gasteiger charge is -2.20. The zero-order valence-corrected chi connectivity index (χ0v) is 15.8. The van der Waals surface area contributed by atoms with Crippen LogP contribution in [0.25, 0.3) is 0 Å². The standard InChI is InChI=1S/C19H10F8N4O/c1-18(17(32)29-8-3-2-7(6-28)9(4-8)19(25,26)27)5-10(30-31-18)11-12(20)14(22)16(24)15(23)13(11)21/h2-4,10H,5H2,1H3,(H,29,32). The lowest BCUT2D eigenvalue weighted by Crippen LogP contribution is -2.37. The minimum atomic E-state index is -4.89. The predicted octanol–water partition coefficient (Wildman–Crippen LogP) is 5.57. The van der Waals surface area contributed by atoms with Crippen LogP contribution in [0.3, 0.4) is 0 Å². The highest BCUT2D eigenvalue weighted by molar-refractivity contribution is 5.98. The molecular weight excluding hydrogens is 452 g/mol. The summed E-state index contributed by atoms with van der Waals surface area (Å²) in [5.41, 5.74) is -5.53. The van der Waals surface area contributed by atoms with Gasteiger partial charge in [-0.05, 0) is 25.1 Å². The zero-order valence-electron chi connectivity index (χ0n) is 15.8. The molecule has 0 bridgehead atoms. The Bertz CT molecular complexity index is 1160. The number of benzene rings is 2. The molecule has 32 heavy (non-hydrogen) atoms. The van der Waals surface area contributed by atoms with Crippen LogP contribution in [0.2, 0.25) is 0 Å². The minimum Gasteiger partial charge on any atom is -0.324 e. The number of amides is 1. The molecule has 3 rings (SSSR count). The highest BCUT2D eigenvalue weighted by Gasteiger charge is 2.44. The van der Waals surface area contributed by atoms with Crippen molar-refractivity contribution >= 4 is 11.6 Å². The Hall–Kier alpha value is -3.56. The number of nitrogens with zero attached hydrogens (tertiary/aromatic N) is 3. The van der Waals surface area contributed by atoms with Gasteiger partial charge in [0.2, 0.25) is 5.82 Å². The highest BCUT2D eigenvalue weighted by Crippen LogP contribution is 2.41. The Balaban J connectivity index is 1.87. The van der Waals surface area contributed by atoms with Gasteiger partial charge in [-0.1, -0.05) is 0 Å². The highest BCUT2D eigenvalue weighted by atomic mass is 19.4.